The Morgan fingerprint density at radius 2 is 2.28 bits per heavy atom. The number of nitrogens with zero attached hydrogens (tertiary/aromatic N) is 2. The number of aliphatic imine (C=N–C) groups is 1. The molecule has 0 saturated heterocycles. The van der Waals surface area contributed by atoms with Gasteiger partial charge in [0.15, 0.2) is 11.7 Å². The van der Waals surface area contributed by atoms with Crippen molar-refractivity contribution in [1.82, 2.24) is 10.3 Å². The van der Waals surface area contributed by atoms with Crippen LogP contribution in [0.1, 0.15) is 24.0 Å². The molecule has 0 aliphatic rings. The first-order valence-corrected chi connectivity index (χ1v) is 6.37. The summed E-state index contributed by atoms with van der Waals surface area (Å²) in [6, 6.07) is 0. The van der Waals surface area contributed by atoms with Crippen LogP contribution < -0.4 is 11.1 Å². The Bertz CT molecular complexity index is 400. The van der Waals surface area contributed by atoms with Gasteiger partial charge in [-0.05, 0) is 6.42 Å². The SMILES string of the molecule is CCCN=C(N)NCCc1nc(C(F)(F)F)cs1. The van der Waals surface area contributed by atoms with Crippen molar-refractivity contribution in [3.05, 3.63) is 16.1 Å². The first kappa shape index (κ1) is 14.7. The van der Waals surface area contributed by atoms with Crippen LogP contribution >= 0.6 is 11.3 Å². The van der Waals surface area contributed by atoms with E-state index < -0.39 is 11.9 Å². The monoisotopic (exact) mass is 280 g/mol. The highest BCUT2D eigenvalue weighted by atomic mass is 32.1. The molecule has 0 spiro atoms. The number of nitrogens with two attached hydrogens (primary N) is 1. The number of nitrogens with one attached hydrogen (secondary N) is 1. The Hall–Kier alpha value is -1.31. The van der Waals surface area contributed by atoms with E-state index in [0.717, 1.165) is 23.1 Å². The Kier molecular flexibility index (Phi) is 5.39. The number of guanidine groups is 1. The number of aromatic nitrogens is 1. The van der Waals surface area contributed by atoms with Crippen molar-refractivity contribution in [3.63, 3.8) is 0 Å². The molecule has 0 atom stereocenters. The summed E-state index contributed by atoms with van der Waals surface area (Å²) in [4.78, 5) is 7.52. The second-order valence-corrected chi connectivity index (χ2v) is 4.51. The van der Waals surface area contributed by atoms with Gasteiger partial charge < -0.3 is 11.1 Å². The Labute approximate surface area is 107 Å². The van der Waals surface area contributed by atoms with E-state index in [1.165, 1.54) is 0 Å². The first-order valence-electron chi connectivity index (χ1n) is 5.49. The third-order valence-electron chi connectivity index (χ3n) is 1.99. The molecule has 0 amide bonds. The molecule has 0 radical (unpaired) electrons. The summed E-state index contributed by atoms with van der Waals surface area (Å²) >= 11 is 0.994. The molecule has 0 unspecified atom stereocenters. The van der Waals surface area contributed by atoms with Crippen LogP contribution in [0.3, 0.4) is 0 Å². The van der Waals surface area contributed by atoms with Gasteiger partial charge in [0, 0.05) is 24.9 Å². The highest BCUT2D eigenvalue weighted by Crippen LogP contribution is 2.29. The summed E-state index contributed by atoms with van der Waals surface area (Å²) < 4.78 is 36.8. The van der Waals surface area contributed by atoms with Crippen LogP contribution in [-0.4, -0.2) is 24.0 Å². The van der Waals surface area contributed by atoms with Crippen molar-refractivity contribution in [2.24, 2.45) is 10.7 Å². The van der Waals surface area contributed by atoms with Gasteiger partial charge in [-0.3, -0.25) is 4.99 Å². The molecule has 8 heteroatoms. The molecule has 1 rings (SSSR count). The van der Waals surface area contributed by atoms with Crippen molar-refractivity contribution in [2.75, 3.05) is 13.1 Å². The minimum atomic E-state index is -4.37. The van der Waals surface area contributed by atoms with Crippen LogP contribution in [-0.2, 0) is 12.6 Å². The number of rotatable bonds is 5. The molecule has 0 saturated carbocycles. The lowest BCUT2D eigenvalue weighted by Crippen LogP contribution is -2.33. The van der Waals surface area contributed by atoms with Crippen LogP contribution in [0.15, 0.2) is 10.4 Å². The first-order chi connectivity index (χ1) is 8.43. The molecule has 0 aliphatic heterocycles. The van der Waals surface area contributed by atoms with Crippen molar-refractivity contribution in [2.45, 2.75) is 25.9 Å². The van der Waals surface area contributed by atoms with E-state index in [-0.39, 0.29) is 0 Å². The molecule has 1 aromatic heterocycles. The lowest BCUT2D eigenvalue weighted by molar-refractivity contribution is -0.140. The largest absolute Gasteiger partial charge is 0.434 e. The number of halogens is 3. The van der Waals surface area contributed by atoms with Crippen molar-refractivity contribution >= 4 is 17.3 Å². The third-order valence-corrected chi connectivity index (χ3v) is 2.90. The molecular weight excluding hydrogens is 265 g/mol. The molecule has 1 aromatic rings. The van der Waals surface area contributed by atoms with Crippen molar-refractivity contribution < 1.29 is 13.2 Å². The van der Waals surface area contributed by atoms with Crippen molar-refractivity contribution in [3.8, 4) is 0 Å². The van der Waals surface area contributed by atoms with E-state index in [2.05, 4.69) is 15.3 Å². The predicted octanol–water partition coefficient (Wildman–Crippen LogP) is 2.02. The Balaban J connectivity index is 2.38. The average Bonchev–Trinajstić information content (AvgIpc) is 2.74. The maximum atomic E-state index is 12.3. The molecule has 3 N–H and O–H groups in total. The van der Waals surface area contributed by atoms with Gasteiger partial charge in [-0.25, -0.2) is 4.98 Å². The summed E-state index contributed by atoms with van der Waals surface area (Å²) in [5, 5.41) is 4.27. The van der Waals surface area contributed by atoms with Gasteiger partial charge in [0.1, 0.15) is 0 Å². The van der Waals surface area contributed by atoms with Gasteiger partial charge in [-0.15, -0.1) is 11.3 Å². The fourth-order valence-corrected chi connectivity index (χ4v) is 1.95. The highest BCUT2D eigenvalue weighted by molar-refractivity contribution is 7.09. The van der Waals surface area contributed by atoms with E-state index in [9.17, 15) is 13.2 Å². The molecular formula is C10H15F3N4S. The van der Waals surface area contributed by atoms with E-state index in [0.29, 0.717) is 30.5 Å². The standard InChI is InChI=1S/C10H15F3N4S/c1-2-4-15-9(14)16-5-3-8-17-7(6-18-8)10(11,12)13/h6H,2-5H2,1H3,(H3,14,15,16). The zero-order valence-corrected chi connectivity index (χ0v) is 10.7. The topological polar surface area (TPSA) is 63.3 Å². The zero-order chi connectivity index (χ0) is 13.6. The molecule has 1 heterocycles. The van der Waals surface area contributed by atoms with Crippen LogP contribution in [0.2, 0.25) is 0 Å². The normalized spacial score (nSPS) is 12.8. The molecule has 102 valence electrons. The summed E-state index contributed by atoms with van der Waals surface area (Å²) in [7, 11) is 0. The average molecular weight is 280 g/mol. The molecule has 0 aliphatic carbocycles. The fourth-order valence-electron chi connectivity index (χ4n) is 1.14. The lowest BCUT2D eigenvalue weighted by Gasteiger charge is -2.03. The fraction of sp³-hybridized carbons (Fsp3) is 0.600. The molecule has 0 aromatic carbocycles. The van der Waals surface area contributed by atoms with E-state index in [4.69, 9.17) is 5.73 Å². The van der Waals surface area contributed by atoms with Crippen LogP contribution in [0.25, 0.3) is 0 Å². The summed E-state index contributed by atoms with van der Waals surface area (Å²) in [5.41, 5.74) is 4.70. The van der Waals surface area contributed by atoms with Gasteiger partial charge in [-0.1, -0.05) is 6.92 Å². The Morgan fingerprint density at radius 3 is 2.83 bits per heavy atom. The van der Waals surface area contributed by atoms with E-state index in [1.54, 1.807) is 0 Å². The molecule has 0 fully saturated rings. The summed E-state index contributed by atoms with van der Waals surface area (Å²) in [5.74, 6) is 0.310. The zero-order valence-electron chi connectivity index (χ0n) is 9.92. The molecule has 4 nitrogen and oxygen atoms in total. The van der Waals surface area contributed by atoms with Crippen LogP contribution in [0.4, 0.5) is 13.2 Å². The maximum absolute atomic E-state index is 12.3. The molecule has 18 heavy (non-hydrogen) atoms. The summed E-state index contributed by atoms with van der Waals surface area (Å²) in [6.45, 7) is 3.03. The van der Waals surface area contributed by atoms with Gasteiger partial charge in [0.05, 0.1) is 5.01 Å². The number of thiazole rings is 1. The van der Waals surface area contributed by atoms with Gasteiger partial charge >= 0.3 is 6.18 Å². The number of hydrogen-bond donors (Lipinski definition) is 2. The molecule has 0 bridgehead atoms. The highest BCUT2D eigenvalue weighted by Gasteiger charge is 2.33. The van der Waals surface area contributed by atoms with Gasteiger partial charge in [-0.2, -0.15) is 13.2 Å². The maximum Gasteiger partial charge on any atom is 0.434 e. The lowest BCUT2D eigenvalue weighted by atomic mass is 10.4. The number of alkyl halides is 3. The quantitative estimate of drug-likeness (QED) is 0.640. The smallest absolute Gasteiger partial charge is 0.370 e. The number of hydrogen-bond acceptors (Lipinski definition) is 3. The predicted molar refractivity (Wildman–Crippen MR) is 65.6 cm³/mol. The minimum absolute atomic E-state index is 0.310. The van der Waals surface area contributed by atoms with Crippen molar-refractivity contribution in [1.29, 1.82) is 0 Å². The van der Waals surface area contributed by atoms with Crippen LogP contribution in [0, 0.1) is 0 Å². The van der Waals surface area contributed by atoms with Gasteiger partial charge in [0.25, 0.3) is 0 Å². The second-order valence-electron chi connectivity index (χ2n) is 3.57. The minimum Gasteiger partial charge on any atom is -0.370 e. The summed E-state index contributed by atoms with van der Waals surface area (Å²) in [6.07, 6.45) is -3.09. The van der Waals surface area contributed by atoms with E-state index in [1.807, 2.05) is 6.92 Å². The second kappa shape index (κ2) is 6.58. The van der Waals surface area contributed by atoms with Gasteiger partial charge in [0.2, 0.25) is 0 Å². The Morgan fingerprint density at radius 1 is 1.56 bits per heavy atom. The van der Waals surface area contributed by atoms with E-state index >= 15 is 0 Å². The third kappa shape index (κ3) is 4.91. The van der Waals surface area contributed by atoms with Crippen LogP contribution in [0.5, 0.6) is 0 Å².